The number of halogens is 1. The van der Waals surface area contributed by atoms with Crippen molar-refractivity contribution in [2.24, 2.45) is 0 Å². The van der Waals surface area contributed by atoms with Gasteiger partial charge in [0.15, 0.2) is 9.84 Å². The van der Waals surface area contributed by atoms with Crippen LogP contribution >= 0.6 is 15.9 Å². The maximum Gasteiger partial charge on any atom is 0.175 e. The zero-order valence-electron chi connectivity index (χ0n) is 9.03. The molecule has 0 aromatic heterocycles. The van der Waals surface area contributed by atoms with Crippen LogP contribution < -0.4 is 5.32 Å². The zero-order valence-corrected chi connectivity index (χ0v) is 11.4. The molecule has 1 aromatic carbocycles. The van der Waals surface area contributed by atoms with Crippen molar-refractivity contribution in [3.05, 3.63) is 28.2 Å². The van der Waals surface area contributed by atoms with E-state index in [4.69, 9.17) is 0 Å². The minimum Gasteiger partial charge on any atom is -0.310 e. The number of benzene rings is 1. The maximum absolute atomic E-state index is 11.5. The first-order valence-electron chi connectivity index (χ1n) is 5.21. The van der Waals surface area contributed by atoms with Crippen LogP contribution in [0.25, 0.3) is 0 Å². The summed E-state index contributed by atoms with van der Waals surface area (Å²) < 4.78 is 23.8. The van der Waals surface area contributed by atoms with Crippen LogP contribution in [-0.4, -0.2) is 21.2 Å². The Morgan fingerprint density at radius 3 is 2.69 bits per heavy atom. The molecule has 1 saturated heterocycles. The van der Waals surface area contributed by atoms with Gasteiger partial charge in [0.05, 0.1) is 4.90 Å². The summed E-state index contributed by atoms with van der Waals surface area (Å²) in [7, 11) is -3.14. The Morgan fingerprint density at radius 1 is 1.38 bits per heavy atom. The molecule has 1 aliphatic rings. The minimum atomic E-state index is -3.14. The van der Waals surface area contributed by atoms with Gasteiger partial charge in [-0.25, -0.2) is 8.42 Å². The lowest BCUT2D eigenvalue weighted by Crippen LogP contribution is -2.13. The summed E-state index contributed by atoms with van der Waals surface area (Å²) in [5.74, 6) is 0. The van der Waals surface area contributed by atoms with Gasteiger partial charge in [0, 0.05) is 16.8 Å². The van der Waals surface area contributed by atoms with Crippen LogP contribution in [0.4, 0.5) is 0 Å². The minimum absolute atomic E-state index is 0.290. The molecule has 0 aliphatic carbocycles. The SMILES string of the molecule is CS(=O)(=O)c1cc(Br)cc(C2CCCN2)c1. The Hall–Kier alpha value is -0.390. The quantitative estimate of drug-likeness (QED) is 0.912. The van der Waals surface area contributed by atoms with E-state index in [9.17, 15) is 8.42 Å². The normalized spacial score (nSPS) is 21.2. The summed E-state index contributed by atoms with van der Waals surface area (Å²) in [4.78, 5) is 0.380. The summed E-state index contributed by atoms with van der Waals surface area (Å²) >= 11 is 3.36. The standard InChI is InChI=1S/C11H14BrNO2S/c1-16(14,15)10-6-8(5-9(12)7-10)11-3-2-4-13-11/h5-7,11,13H,2-4H2,1H3. The molecular weight excluding hydrogens is 290 g/mol. The topological polar surface area (TPSA) is 46.2 Å². The van der Waals surface area contributed by atoms with E-state index in [1.165, 1.54) is 6.26 Å². The molecule has 1 unspecified atom stereocenters. The van der Waals surface area contributed by atoms with Gasteiger partial charge in [-0.05, 0) is 43.1 Å². The van der Waals surface area contributed by atoms with E-state index < -0.39 is 9.84 Å². The highest BCUT2D eigenvalue weighted by Gasteiger charge is 2.18. The number of hydrogen-bond acceptors (Lipinski definition) is 3. The Kier molecular flexibility index (Phi) is 3.37. The third-order valence-electron chi connectivity index (χ3n) is 2.78. The fourth-order valence-electron chi connectivity index (χ4n) is 1.97. The number of rotatable bonds is 2. The van der Waals surface area contributed by atoms with Crippen molar-refractivity contribution >= 4 is 25.8 Å². The Bertz CT molecular complexity index is 493. The highest BCUT2D eigenvalue weighted by Crippen LogP contribution is 2.28. The lowest BCUT2D eigenvalue weighted by Gasteiger charge is -2.12. The third kappa shape index (κ3) is 2.64. The molecule has 0 amide bonds. The molecule has 1 fully saturated rings. The summed E-state index contributed by atoms with van der Waals surface area (Å²) in [6, 6.07) is 5.69. The Morgan fingerprint density at radius 2 is 2.12 bits per heavy atom. The monoisotopic (exact) mass is 303 g/mol. The van der Waals surface area contributed by atoms with Crippen molar-refractivity contribution in [3.8, 4) is 0 Å². The average molecular weight is 304 g/mol. The van der Waals surface area contributed by atoms with Gasteiger partial charge in [-0.2, -0.15) is 0 Å². The second-order valence-corrected chi connectivity index (χ2v) is 7.07. The van der Waals surface area contributed by atoms with E-state index in [2.05, 4.69) is 21.2 Å². The molecule has 1 aliphatic heterocycles. The van der Waals surface area contributed by atoms with E-state index in [1.54, 1.807) is 12.1 Å². The van der Waals surface area contributed by atoms with E-state index in [0.717, 1.165) is 29.4 Å². The molecule has 0 spiro atoms. The van der Waals surface area contributed by atoms with Gasteiger partial charge in [0.2, 0.25) is 0 Å². The van der Waals surface area contributed by atoms with Crippen molar-refractivity contribution in [3.63, 3.8) is 0 Å². The van der Waals surface area contributed by atoms with Crippen molar-refractivity contribution in [1.29, 1.82) is 0 Å². The van der Waals surface area contributed by atoms with Crippen molar-refractivity contribution in [1.82, 2.24) is 5.32 Å². The van der Waals surface area contributed by atoms with Crippen LogP contribution in [0.5, 0.6) is 0 Å². The van der Waals surface area contributed by atoms with Crippen LogP contribution in [0.3, 0.4) is 0 Å². The molecule has 3 nitrogen and oxygen atoms in total. The highest BCUT2D eigenvalue weighted by molar-refractivity contribution is 9.10. The second-order valence-electron chi connectivity index (χ2n) is 4.14. The summed E-state index contributed by atoms with van der Waals surface area (Å²) in [5, 5.41) is 3.36. The molecular formula is C11H14BrNO2S. The van der Waals surface area contributed by atoms with E-state index in [1.807, 2.05) is 6.07 Å². The van der Waals surface area contributed by atoms with Crippen LogP contribution in [0.15, 0.2) is 27.6 Å². The maximum atomic E-state index is 11.5. The van der Waals surface area contributed by atoms with E-state index in [0.29, 0.717) is 4.90 Å². The lowest BCUT2D eigenvalue weighted by molar-refractivity contribution is 0.600. The van der Waals surface area contributed by atoms with Crippen molar-refractivity contribution in [2.75, 3.05) is 12.8 Å². The number of sulfone groups is 1. The number of nitrogens with one attached hydrogen (secondary N) is 1. The predicted octanol–water partition coefficient (Wildman–Crippen LogP) is 2.28. The third-order valence-corrected chi connectivity index (χ3v) is 4.33. The Balaban J connectivity index is 2.43. The highest BCUT2D eigenvalue weighted by atomic mass is 79.9. The first-order valence-corrected chi connectivity index (χ1v) is 7.89. The largest absolute Gasteiger partial charge is 0.310 e. The summed E-state index contributed by atoms with van der Waals surface area (Å²) in [6.45, 7) is 1.01. The smallest absolute Gasteiger partial charge is 0.175 e. The van der Waals surface area contributed by atoms with Gasteiger partial charge in [0.25, 0.3) is 0 Å². The van der Waals surface area contributed by atoms with Gasteiger partial charge >= 0.3 is 0 Å². The zero-order chi connectivity index (χ0) is 11.8. The van der Waals surface area contributed by atoms with E-state index in [-0.39, 0.29) is 6.04 Å². The van der Waals surface area contributed by atoms with Gasteiger partial charge in [-0.3, -0.25) is 0 Å². The predicted molar refractivity (Wildman–Crippen MR) is 67.2 cm³/mol. The molecule has 0 bridgehead atoms. The first kappa shape index (κ1) is 12.1. The van der Waals surface area contributed by atoms with Crippen molar-refractivity contribution < 1.29 is 8.42 Å². The molecule has 2 rings (SSSR count). The fraction of sp³-hybridized carbons (Fsp3) is 0.455. The first-order chi connectivity index (χ1) is 7.47. The van der Waals surface area contributed by atoms with Crippen LogP contribution in [0, 0.1) is 0 Å². The van der Waals surface area contributed by atoms with Gasteiger partial charge in [-0.15, -0.1) is 0 Å². The van der Waals surface area contributed by atoms with Crippen molar-refractivity contribution in [2.45, 2.75) is 23.8 Å². The lowest BCUT2D eigenvalue weighted by atomic mass is 10.1. The summed E-state index contributed by atoms with van der Waals surface area (Å²) in [5.41, 5.74) is 1.05. The molecule has 1 aromatic rings. The van der Waals surface area contributed by atoms with Crippen LogP contribution in [0.1, 0.15) is 24.4 Å². The molecule has 1 atom stereocenters. The average Bonchev–Trinajstić information content (AvgIpc) is 2.68. The molecule has 1 heterocycles. The molecule has 5 heteroatoms. The van der Waals surface area contributed by atoms with Gasteiger partial charge in [-0.1, -0.05) is 15.9 Å². The van der Waals surface area contributed by atoms with Gasteiger partial charge in [0.1, 0.15) is 0 Å². The van der Waals surface area contributed by atoms with Gasteiger partial charge < -0.3 is 5.32 Å². The van der Waals surface area contributed by atoms with E-state index >= 15 is 0 Å². The summed E-state index contributed by atoms with van der Waals surface area (Å²) in [6.07, 6.45) is 3.45. The van der Waals surface area contributed by atoms with Crippen LogP contribution in [0.2, 0.25) is 0 Å². The Labute approximate surface area is 104 Å². The molecule has 1 N–H and O–H groups in total. The molecule has 0 radical (unpaired) electrons. The second kappa shape index (κ2) is 4.47. The molecule has 16 heavy (non-hydrogen) atoms. The molecule has 88 valence electrons. The van der Waals surface area contributed by atoms with Crippen LogP contribution in [-0.2, 0) is 9.84 Å². The number of hydrogen-bond donors (Lipinski definition) is 1. The molecule has 0 saturated carbocycles. The fourth-order valence-corrected chi connectivity index (χ4v) is 3.32.